The van der Waals surface area contributed by atoms with Gasteiger partial charge in [-0.1, -0.05) is 0 Å². The van der Waals surface area contributed by atoms with Crippen molar-refractivity contribution in [3.63, 3.8) is 0 Å². The molecule has 52 heavy (non-hydrogen) atoms. The van der Waals surface area contributed by atoms with Gasteiger partial charge >= 0.3 is 19.3 Å². The molecule has 2 aromatic carbocycles. The standard InChI is InChI=1S/C35H37BF4N4O8/c1-43-26(9-13-33(45)46)5-7-28(43)23-29-8-6-27(44(29)36(39)40)10-14-34(47)52-35-31(37)21-25(22-32(35)38)42-41-24-3-11-30(12-4-24)51-20-19-50-18-17-49-16-15-48-2/h3-8,11-12,21-23H,9-10,13-20H2,1-2H3/p+1/b42-41+. The summed E-state index contributed by atoms with van der Waals surface area (Å²) in [5.74, 6) is -4.78. The summed E-state index contributed by atoms with van der Waals surface area (Å²) >= 11 is 0. The van der Waals surface area contributed by atoms with Gasteiger partial charge in [-0.05, 0) is 42.8 Å². The molecule has 17 heteroatoms. The minimum atomic E-state index is -2.95. The summed E-state index contributed by atoms with van der Waals surface area (Å²) in [6.07, 6.45) is 3.92. The van der Waals surface area contributed by atoms with Crippen LogP contribution in [0, 0.1) is 11.6 Å². The zero-order valence-corrected chi connectivity index (χ0v) is 28.6. The van der Waals surface area contributed by atoms with Gasteiger partial charge in [0.25, 0.3) is 0 Å². The number of carboxylic acid groups (broad SMARTS) is 1. The van der Waals surface area contributed by atoms with E-state index in [4.69, 9.17) is 28.8 Å². The number of carbonyl (C=O) groups excluding carboxylic acids is 1. The molecule has 0 atom stereocenters. The van der Waals surface area contributed by atoms with Crippen molar-refractivity contribution in [3.05, 3.63) is 89.4 Å². The van der Waals surface area contributed by atoms with Gasteiger partial charge in [0.1, 0.15) is 12.4 Å². The van der Waals surface area contributed by atoms with Gasteiger partial charge in [-0.3, -0.25) is 9.59 Å². The first-order chi connectivity index (χ1) is 25.0. The smallest absolute Gasteiger partial charge is 0.491 e. The van der Waals surface area contributed by atoms with Gasteiger partial charge in [0.15, 0.2) is 23.0 Å². The summed E-state index contributed by atoms with van der Waals surface area (Å²) < 4.78 is 86.3. The Hall–Kier alpha value is -5.13. The Balaban J connectivity index is 1.28. The zero-order valence-electron chi connectivity index (χ0n) is 28.6. The number of ether oxygens (including phenoxy) is 5. The van der Waals surface area contributed by atoms with E-state index in [1.807, 2.05) is 0 Å². The minimum absolute atomic E-state index is 0.0772. The number of benzene rings is 2. The Morgan fingerprint density at radius 2 is 1.52 bits per heavy atom. The Morgan fingerprint density at radius 1 is 0.865 bits per heavy atom. The number of nitrogens with zero attached hydrogens (tertiary/aromatic N) is 4. The Morgan fingerprint density at radius 3 is 2.17 bits per heavy atom. The molecule has 0 aliphatic carbocycles. The van der Waals surface area contributed by atoms with Crippen LogP contribution in [0.4, 0.5) is 28.8 Å². The maximum Gasteiger partial charge on any atom is 0.934 e. The first kappa shape index (κ1) is 39.7. The number of hydrogen-bond donors (Lipinski definition) is 1. The number of esters is 1. The number of aliphatic carboxylic acids is 1. The molecule has 0 saturated heterocycles. The maximum atomic E-state index is 14.8. The molecule has 1 aromatic heterocycles. The summed E-state index contributed by atoms with van der Waals surface area (Å²) in [5.41, 5.74) is 1.73. The van der Waals surface area contributed by atoms with Crippen molar-refractivity contribution in [2.45, 2.75) is 25.7 Å². The fourth-order valence-corrected chi connectivity index (χ4v) is 4.92. The Bertz CT molecular complexity index is 1790. The van der Waals surface area contributed by atoms with E-state index in [-0.39, 0.29) is 36.4 Å². The molecule has 2 heterocycles. The number of hydrogen-bond acceptors (Lipinski definition) is 9. The van der Waals surface area contributed by atoms with Crippen molar-refractivity contribution in [1.82, 2.24) is 4.57 Å². The average molecular weight is 730 g/mol. The first-order valence-corrected chi connectivity index (χ1v) is 16.2. The number of aromatic nitrogens is 1. The van der Waals surface area contributed by atoms with E-state index < -0.39 is 43.1 Å². The van der Waals surface area contributed by atoms with Gasteiger partial charge in [-0.25, -0.2) is 21.9 Å². The number of azo groups is 1. The number of aryl methyl sites for hydroxylation is 1. The molecule has 12 nitrogen and oxygen atoms in total. The summed E-state index contributed by atoms with van der Waals surface area (Å²) in [6, 6.07) is 11.6. The third-order valence-corrected chi connectivity index (χ3v) is 7.59. The molecule has 1 aliphatic heterocycles. The lowest BCUT2D eigenvalue weighted by Gasteiger charge is -2.08. The normalized spacial score (nSPS) is 13.5. The molecule has 0 unspecified atom stereocenters. The van der Waals surface area contributed by atoms with Crippen LogP contribution < -0.4 is 9.47 Å². The topological polar surface area (TPSA) is 133 Å². The lowest BCUT2D eigenvalue weighted by molar-refractivity contribution is -0.342. The highest BCUT2D eigenvalue weighted by molar-refractivity contribution is 6.35. The quantitative estimate of drug-likeness (QED) is 0.0330. The summed E-state index contributed by atoms with van der Waals surface area (Å²) in [7, 11) is 0.345. The van der Waals surface area contributed by atoms with Crippen molar-refractivity contribution < 1.29 is 60.3 Å². The Kier molecular flexibility index (Phi) is 15.3. The minimum Gasteiger partial charge on any atom is -0.491 e. The van der Waals surface area contributed by atoms with Gasteiger partial charge in [0.2, 0.25) is 5.75 Å². The summed E-state index contributed by atoms with van der Waals surface area (Å²) in [5, 5.41) is 16.8. The monoisotopic (exact) mass is 729 g/mol. The Labute approximate surface area is 297 Å². The molecular weight excluding hydrogens is 691 g/mol. The number of rotatable bonds is 21. The van der Waals surface area contributed by atoms with Crippen molar-refractivity contribution in [3.8, 4) is 11.5 Å². The lowest BCUT2D eigenvalue weighted by Crippen LogP contribution is -2.25. The van der Waals surface area contributed by atoms with E-state index in [1.54, 1.807) is 55.1 Å². The molecule has 0 spiro atoms. The third-order valence-electron chi connectivity index (χ3n) is 7.59. The van der Waals surface area contributed by atoms with E-state index in [0.717, 1.165) is 16.6 Å². The van der Waals surface area contributed by atoms with E-state index in [9.17, 15) is 27.0 Å². The number of halogens is 4. The van der Waals surface area contributed by atoms with Crippen LogP contribution >= 0.6 is 0 Å². The van der Waals surface area contributed by atoms with Crippen molar-refractivity contribution in [2.24, 2.45) is 17.3 Å². The molecule has 0 bridgehead atoms. The van der Waals surface area contributed by atoms with E-state index >= 15 is 0 Å². The number of carbonyl (C=O) groups is 2. The predicted octanol–water partition coefficient (Wildman–Crippen LogP) is 6.47. The van der Waals surface area contributed by atoms with Gasteiger partial charge in [-0.2, -0.15) is 10.2 Å². The van der Waals surface area contributed by atoms with Gasteiger partial charge in [0.05, 0.1) is 57.3 Å². The van der Waals surface area contributed by atoms with Crippen LogP contribution in [-0.2, 0) is 37.3 Å². The molecule has 4 rings (SSSR count). The summed E-state index contributed by atoms with van der Waals surface area (Å²) in [4.78, 5) is 23.4. The highest BCUT2D eigenvalue weighted by Crippen LogP contribution is 2.29. The zero-order chi connectivity index (χ0) is 37.5. The van der Waals surface area contributed by atoms with E-state index in [1.165, 1.54) is 18.2 Å². The summed E-state index contributed by atoms with van der Waals surface area (Å²) in [6.45, 7) is 2.57. The van der Waals surface area contributed by atoms with E-state index in [0.29, 0.717) is 62.5 Å². The van der Waals surface area contributed by atoms with Crippen LogP contribution in [0.25, 0.3) is 6.08 Å². The van der Waals surface area contributed by atoms with Crippen LogP contribution in [0.5, 0.6) is 11.5 Å². The lowest BCUT2D eigenvalue weighted by atomic mass is 10.1. The average Bonchev–Trinajstić information content (AvgIpc) is 3.69. The highest BCUT2D eigenvalue weighted by Gasteiger charge is 2.41. The van der Waals surface area contributed by atoms with Gasteiger partial charge in [0, 0.05) is 62.3 Å². The fraction of sp³-hybridized carbons (Fsp3) is 0.343. The molecule has 0 saturated carbocycles. The van der Waals surface area contributed by atoms with Crippen molar-refractivity contribution in [2.75, 3.05) is 46.8 Å². The molecule has 276 valence electrons. The van der Waals surface area contributed by atoms with E-state index in [2.05, 4.69) is 10.2 Å². The highest BCUT2D eigenvalue weighted by atomic mass is 19.2. The number of methoxy groups -OCH3 is 1. The second-order valence-electron chi connectivity index (χ2n) is 11.2. The molecule has 1 aliphatic rings. The van der Waals surface area contributed by atoms with Crippen LogP contribution in [-0.4, -0.2) is 86.0 Å². The predicted molar refractivity (Wildman–Crippen MR) is 183 cm³/mol. The van der Waals surface area contributed by atoms with Crippen LogP contribution in [0.3, 0.4) is 0 Å². The molecular formula is C35H38BF4N4O8+. The maximum absolute atomic E-state index is 14.8. The number of allylic oxidation sites excluding steroid dienone is 2. The fourth-order valence-electron chi connectivity index (χ4n) is 4.92. The second-order valence-corrected chi connectivity index (χ2v) is 11.2. The largest absolute Gasteiger partial charge is 0.934 e. The van der Waals surface area contributed by atoms with Crippen LogP contribution in [0.1, 0.15) is 30.7 Å². The van der Waals surface area contributed by atoms with Crippen LogP contribution in [0.2, 0.25) is 0 Å². The first-order valence-electron chi connectivity index (χ1n) is 16.2. The molecule has 0 amide bonds. The van der Waals surface area contributed by atoms with Gasteiger partial charge in [-0.15, -0.1) is 0 Å². The van der Waals surface area contributed by atoms with Gasteiger partial charge < -0.3 is 33.4 Å². The molecule has 0 radical (unpaired) electrons. The number of carboxylic acids is 1. The molecule has 1 N–H and O–H groups in total. The SMILES string of the molecule is COCCOCCOCCOc1ccc(/N=N/c2cc(F)c(OC(=O)CCC3=[N+](B(F)F)/C(=C\c4ccc(CCC(=O)O)n4C)C=C3)c(F)c2)cc1. The van der Waals surface area contributed by atoms with Crippen molar-refractivity contribution >= 4 is 42.5 Å². The van der Waals surface area contributed by atoms with Crippen LogP contribution in [0.15, 0.2) is 76.6 Å². The third kappa shape index (κ3) is 12.0. The second kappa shape index (κ2) is 20.1. The van der Waals surface area contributed by atoms with Crippen molar-refractivity contribution in [1.29, 1.82) is 0 Å². The molecule has 0 fully saturated rings. The molecule has 3 aromatic rings.